The maximum atomic E-state index is 12.1. The minimum absolute atomic E-state index is 0.0610. The van der Waals surface area contributed by atoms with E-state index < -0.39 is 6.04 Å². The Bertz CT molecular complexity index is 595. The third kappa shape index (κ3) is 3.00. The Balaban J connectivity index is 2.34. The molecule has 0 aliphatic rings. The zero-order chi connectivity index (χ0) is 14.7. The van der Waals surface area contributed by atoms with Gasteiger partial charge in [-0.3, -0.25) is 4.79 Å². The number of imidazole rings is 1. The standard InChI is InChI=1S/C14H17ClN4O/c1-9(2)12(16)14(20)18-11-5-3-4-10(15)13(11)19-7-6-17-8-19/h3-9,12H,16H2,1-2H3,(H,18,20)/t12-/m0/s1. The van der Waals surface area contributed by atoms with Gasteiger partial charge in [0.25, 0.3) is 0 Å². The molecule has 0 aliphatic carbocycles. The molecule has 106 valence electrons. The molecule has 20 heavy (non-hydrogen) atoms. The minimum Gasteiger partial charge on any atom is -0.323 e. The molecule has 0 saturated carbocycles. The predicted octanol–water partition coefficient (Wildman–Crippen LogP) is 2.45. The number of hydrogen-bond donors (Lipinski definition) is 2. The number of aromatic nitrogens is 2. The van der Waals surface area contributed by atoms with Crippen molar-refractivity contribution in [1.29, 1.82) is 0 Å². The smallest absolute Gasteiger partial charge is 0.241 e. The van der Waals surface area contributed by atoms with E-state index >= 15 is 0 Å². The van der Waals surface area contributed by atoms with Gasteiger partial charge in [0.2, 0.25) is 5.91 Å². The maximum absolute atomic E-state index is 12.1. The van der Waals surface area contributed by atoms with E-state index in [1.807, 2.05) is 13.8 Å². The number of halogens is 1. The minimum atomic E-state index is -0.565. The third-order valence-corrected chi connectivity index (χ3v) is 3.33. The van der Waals surface area contributed by atoms with E-state index in [9.17, 15) is 4.79 Å². The van der Waals surface area contributed by atoms with Crippen molar-refractivity contribution in [2.75, 3.05) is 5.32 Å². The molecular weight excluding hydrogens is 276 g/mol. The second kappa shape index (κ2) is 6.07. The molecule has 1 atom stereocenters. The highest BCUT2D eigenvalue weighted by Crippen LogP contribution is 2.28. The Labute approximate surface area is 122 Å². The summed E-state index contributed by atoms with van der Waals surface area (Å²) in [6.07, 6.45) is 5.03. The molecule has 0 spiro atoms. The summed E-state index contributed by atoms with van der Waals surface area (Å²) in [5.41, 5.74) is 7.14. The SMILES string of the molecule is CC(C)[C@H](N)C(=O)Nc1cccc(Cl)c1-n1ccnc1. The molecule has 0 aliphatic heterocycles. The molecule has 1 aromatic heterocycles. The monoisotopic (exact) mass is 292 g/mol. The van der Waals surface area contributed by atoms with Crippen LogP contribution in [-0.2, 0) is 4.79 Å². The summed E-state index contributed by atoms with van der Waals surface area (Å²) in [5.74, 6) is -0.172. The largest absolute Gasteiger partial charge is 0.323 e. The summed E-state index contributed by atoms with van der Waals surface area (Å²) in [5, 5.41) is 3.35. The molecule has 2 aromatic rings. The quantitative estimate of drug-likeness (QED) is 0.909. The van der Waals surface area contributed by atoms with Crippen LogP contribution in [0.4, 0.5) is 5.69 Å². The molecule has 5 nitrogen and oxygen atoms in total. The summed E-state index contributed by atoms with van der Waals surface area (Å²) >= 11 is 6.22. The van der Waals surface area contributed by atoms with Crippen LogP contribution in [-0.4, -0.2) is 21.5 Å². The summed E-state index contributed by atoms with van der Waals surface area (Å²) in [6.45, 7) is 3.80. The first-order valence-electron chi connectivity index (χ1n) is 6.34. The van der Waals surface area contributed by atoms with E-state index in [-0.39, 0.29) is 11.8 Å². The van der Waals surface area contributed by atoms with Crippen molar-refractivity contribution < 1.29 is 4.79 Å². The number of rotatable bonds is 4. The van der Waals surface area contributed by atoms with E-state index in [4.69, 9.17) is 17.3 Å². The van der Waals surface area contributed by atoms with Crippen molar-refractivity contribution >= 4 is 23.2 Å². The zero-order valence-corrected chi connectivity index (χ0v) is 12.1. The lowest BCUT2D eigenvalue weighted by Gasteiger charge is -2.18. The molecule has 1 aromatic carbocycles. The van der Waals surface area contributed by atoms with Crippen molar-refractivity contribution in [3.8, 4) is 5.69 Å². The van der Waals surface area contributed by atoms with E-state index in [0.29, 0.717) is 16.4 Å². The van der Waals surface area contributed by atoms with Gasteiger partial charge in [0.15, 0.2) is 0 Å². The Morgan fingerprint density at radius 3 is 2.80 bits per heavy atom. The molecule has 0 unspecified atom stereocenters. The number of nitrogens with zero attached hydrogens (tertiary/aromatic N) is 2. The van der Waals surface area contributed by atoms with Crippen LogP contribution in [0.15, 0.2) is 36.9 Å². The fraction of sp³-hybridized carbons (Fsp3) is 0.286. The Morgan fingerprint density at radius 1 is 1.45 bits per heavy atom. The van der Waals surface area contributed by atoms with Crippen LogP contribution in [0, 0.1) is 5.92 Å². The summed E-state index contributed by atoms with van der Waals surface area (Å²) < 4.78 is 1.75. The normalized spacial score (nSPS) is 12.4. The highest BCUT2D eigenvalue weighted by molar-refractivity contribution is 6.33. The molecular formula is C14H17ClN4O. The molecule has 0 fully saturated rings. The van der Waals surface area contributed by atoms with Crippen LogP contribution in [0.1, 0.15) is 13.8 Å². The first kappa shape index (κ1) is 14.6. The van der Waals surface area contributed by atoms with Crippen LogP contribution in [0.2, 0.25) is 5.02 Å². The zero-order valence-electron chi connectivity index (χ0n) is 11.4. The van der Waals surface area contributed by atoms with Gasteiger partial charge in [-0.1, -0.05) is 31.5 Å². The van der Waals surface area contributed by atoms with Gasteiger partial charge in [-0.05, 0) is 18.1 Å². The fourth-order valence-corrected chi connectivity index (χ4v) is 2.06. The van der Waals surface area contributed by atoms with Crippen LogP contribution >= 0.6 is 11.6 Å². The van der Waals surface area contributed by atoms with E-state index in [1.165, 1.54) is 0 Å². The highest BCUT2D eigenvalue weighted by atomic mass is 35.5. The number of nitrogens with one attached hydrogen (secondary N) is 1. The lowest BCUT2D eigenvalue weighted by molar-refractivity contribution is -0.118. The molecule has 1 amide bonds. The number of anilines is 1. The highest BCUT2D eigenvalue weighted by Gasteiger charge is 2.19. The van der Waals surface area contributed by atoms with Gasteiger partial charge >= 0.3 is 0 Å². The average Bonchev–Trinajstić information content (AvgIpc) is 2.91. The number of benzene rings is 1. The molecule has 0 saturated heterocycles. The maximum Gasteiger partial charge on any atom is 0.241 e. The van der Waals surface area contributed by atoms with E-state index in [0.717, 1.165) is 0 Å². The first-order valence-corrected chi connectivity index (χ1v) is 6.71. The fourth-order valence-electron chi connectivity index (χ4n) is 1.79. The molecule has 3 N–H and O–H groups in total. The number of hydrogen-bond acceptors (Lipinski definition) is 3. The molecule has 1 heterocycles. The van der Waals surface area contributed by atoms with Crippen LogP contribution < -0.4 is 11.1 Å². The number of amides is 1. The number of carbonyl (C=O) groups is 1. The number of para-hydroxylation sites is 1. The van der Waals surface area contributed by atoms with Gasteiger partial charge in [-0.2, -0.15) is 0 Å². The van der Waals surface area contributed by atoms with Gasteiger partial charge in [-0.15, -0.1) is 0 Å². The topological polar surface area (TPSA) is 72.9 Å². The molecule has 6 heteroatoms. The van der Waals surface area contributed by atoms with Gasteiger partial charge in [0.1, 0.15) is 0 Å². The van der Waals surface area contributed by atoms with Crippen molar-refractivity contribution in [2.45, 2.75) is 19.9 Å². The van der Waals surface area contributed by atoms with Crippen molar-refractivity contribution in [3.05, 3.63) is 41.9 Å². The summed E-state index contributed by atoms with van der Waals surface area (Å²) in [6, 6.07) is 4.75. The molecule has 0 radical (unpaired) electrons. The van der Waals surface area contributed by atoms with Crippen LogP contribution in [0.25, 0.3) is 5.69 Å². The number of carbonyl (C=O) groups excluding carboxylic acids is 1. The predicted molar refractivity (Wildman–Crippen MR) is 80.0 cm³/mol. The molecule has 2 rings (SSSR count). The van der Waals surface area contributed by atoms with Gasteiger partial charge in [0.05, 0.1) is 28.8 Å². The van der Waals surface area contributed by atoms with Gasteiger partial charge in [-0.25, -0.2) is 4.98 Å². The van der Waals surface area contributed by atoms with Gasteiger partial charge < -0.3 is 15.6 Å². The van der Waals surface area contributed by atoms with Crippen LogP contribution in [0.3, 0.4) is 0 Å². The van der Waals surface area contributed by atoms with E-state index in [1.54, 1.807) is 41.5 Å². The summed E-state index contributed by atoms with van der Waals surface area (Å²) in [4.78, 5) is 16.1. The van der Waals surface area contributed by atoms with Crippen LogP contribution in [0.5, 0.6) is 0 Å². The van der Waals surface area contributed by atoms with Crippen molar-refractivity contribution in [3.63, 3.8) is 0 Å². The number of nitrogens with two attached hydrogens (primary N) is 1. The third-order valence-electron chi connectivity index (χ3n) is 3.03. The van der Waals surface area contributed by atoms with E-state index in [2.05, 4.69) is 10.3 Å². The Kier molecular flexibility index (Phi) is 4.42. The van der Waals surface area contributed by atoms with Crippen molar-refractivity contribution in [2.24, 2.45) is 11.7 Å². The second-order valence-corrected chi connectivity index (χ2v) is 5.27. The second-order valence-electron chi connectivity index (χ2n) is 4.87. The first-order chi connectivity index (χ1) is 9.50. The Hall–Kier alpha value is -1.85. The van der Waals surface area contributed by atoms with Gasteiger partial charge in [0, 0.05) is 12.4 Å². The van der Waals surface area contributed by atoms with Crippen molar-refractivity contribution in [1.82, 2.24) is 9.55 Å². The summed E-state index contributed by atoms with van der Waals surface area (Å²) in [7, 11) is 0. The lowest BCUT2D eigenvalue weighted by atomic mass is 10.0. The lowest BCUT2D eigenvalue weighted by Crippen LogP contribution is -2.39. The molecule has 0 bridgehead atoms. The Morgan fingerprint density at radius 2 is 2.20 bits per heavy atom. The average molecular weight is 293 g/mol.